The Bertz CT molecular complexity index is 3700. The molecule has 0 saturated carbocycles. The summed E-state index contributed by atoms with van der Waals surface area (Å²) in [5.41, 5.74) is 2.14. The van der Waals surface area contributed by atoms with E-state index in [0.717, 1.165) is 56.7 Å². The normalized spacial score (nSPS) is 15.6. The topological polar surface area (TPSA) is 369 Å². The van der Waals surface area contributed by atoms with Crippen LogP contribution in [0, 0.1) is 12.8 Å². The number of rotatable bonds is 14. The van der Waals surface area contributed by atoms with Crippen LogP contribution in [0.2, 0.25) is 0 Å². The number of thiazole rings is 6. The summed E-state index contributed by atoms with van der Waals surface area (Å²) in [5.74, 6) is -7.55. The van der Waals surface area contributed by atoms with Crippen molar-refractivity contribution in [2.45, 2.75) is 57.4 Å². The number of anilines is 2. The number of amides is 6. The highest BCUT2D eigenvalue weighted by molar-refractivity contribution is 7.16. The summed E-state index contributed by atoms with van der Waals surface area (Å²) >= 11 is 6.69. The molecule has 0 saturated heterocycles. The molecule has 0 fully saturated rings. The molecule has 81 heavy (non-hydrogen) atoms. The third-order valence-electron chi connectivity index (χ3n) is 12.0. The molecule has 0 radical (unpaired) electrons. The first-order valence-corrected chi connectivity index (χ1v) is 29.3. The Balaban J connectivity index is 1.09. The number of carbonyl (C=O) groups is 8. The number of ether oxygens (including phenoxy) is 1. The average molecular weight is 1210 g/mol. The zero-order valence-corrected chi connectivity index (χ0v) is 47.4. The van der Waals surface area contributed by atoms with E-state index in [-0.39, 0.29) is 58.9 Å². The Morgan fingerprint density at radius 3 is 2.21 bits per heavy atom. The highest BCUT2D eigenvalue weighted by Gasteiger charge is 2.32. The zero-order chi connectivity index (χ0) is 57.5. The molecule has 25 nitrogen and oxygen atoms in total. The number of aliphatic carboxylic acids is 2. The van der Waals surface area contributed by atoms with Crippen molar-refractivity contribution in [2.24, 2.45) is 5.92 Å². The molecule has 8 heterocycles. The number of carboxylic acid groups (broad SMARTS) is 2. The first kappa shape index (κ1) is 57.5. The first-order chi connectivity index (χ1) is 38.9. The number of benzene rings is 1. The van der Waals surface area contributed by atoms with E-state index in [2.05, 4.69) is 46.9 Å². The molecule has 0 unspecified atom stereocenters. The lowest BCUT2D eigenvalue weighted by atomic mass is 9.99. The van der Waals surface area contributed by atoms with Crippen molar-refractivity contribution < 1.29 is 58.4 Å². The van der Waals surface area contributed by atoms with Crippen LogP contribution in [-0.2, 0) is 35.3 Å². The van der Waals surface area contributed by atoms with Gasteiger partial charge in [-0.3, -0.25) is 43.7 Å². The van der Waals surface area contributed by atoms with E-state index >= 15 is 0 Å². The van der Waals surface area contributed by atoms with E-state index in [4.69, 9.17) is 29.8 Å². The van der Waals surface area contributed by atoms with E-state index < -0.39 is 84.5 Å². The Kier molecular flexibility index (Phi) is 18.1. The van der Waals surface area contributed by atoms with Gasteiger partial charge in [0, 0.05) is 52.5 Å². The number of aliphatic hydroxyl groups is 1. The van der Waals surface area contributed by atoms with Gasteiger partial charge in [-0.05, 0) is 31.0 Å². The molecule has 31 heteroatoms. The summed E-state index contributed by atoms with van der Waals surface area (Å²) in [6, 6.07) is 9.87. The number of methoxy groups -OCH3 is 1. The Labute approximate surface area is 482 Å². The van der Waals surface area contributed by atoms with E-state index in [1.807, 2.05) is 0 Å². The standard InChI is InChI=1S/C50H45N13O12S6/c1-21-36-43(72)63-50-62-38(30(81-50)16-75-3)42(71)52-15-34(66)60-39(40(69)22-7-5-4-6-8-22)48-57-29(19-78-48)46-55-27(17-77-46)37-24(44-56-28(18-76-44)41(70)54-26(14-33(65)51-2)47(61-36)80-21)10-11-25(53-37)45-59-31(20-79-45)58-32(64)12-9-23(49(73)74)13-35(67)68/h4-8,10-11,17-20,23,26,39-40,69H,9,12-16H2,1-3H3,(H,51,65)(H,52,71)(H,54,70)(H,58,64)(H,60,66)(H,67,68)(H,73,74)(H,62,63,72)/t23-,26-,39-,40-/m0/s1. The fraction of sp³-hybridized carbons (Fsp3) is 0.260. The van der Waals surface area contributed by atoms with Crippen LogP contribution in [-0.4, -0.2) is 118 Å². The number of fused-ring (bicyclic) bond motifs is 14. The van der Waals surface area contributed by atoms with E-state index in [1.165, 1.54) is 30.9 Å². The molecule has 9 N–H and O–H groups in total. The molecule has 0 aliphatic carbocycles. The van der Waals surface area contributed by atoms with Gasteiger partial charge in [0.2, 0.25) is 17.7 Å². The SMILES string of the molecule is CNC(=O)C[C@@H]1NC(=O)c2csc(n2)-c2ccc(-c3nc(NC(=O)CC[C@@H](CC(=O)O)C(=O)O)cs3)nc2-c2csc(n2)-c2csc(n2)[C@H]([C@@H](O)c2ccccc2)NC(=O)CNC(=O)c2nc(sc2COC)NC(=O)c2nc1sc2C. The Hall–Kier alpha value is -8.17. The van der Waals surface area contributed by atoms with Crippen molar-refractivity contribution in [3.63, 3.8) is 0 Å². The van der Waals surface area contributed by atoms with Gasteiger partial charge < -0.3 is 46.6 Å². The molecule has 1 aliphatic rings. The van der Waals surface area contributed by atoms with E-state index in [9.17, 15) is 48.6 Å². The molecule has 1 aromatic carbocycles. The molecule has 9 rings (SSSR count). The van der Waals surface area contributed by atoms with Gasteiger partial charge in [-0.2, -0.15) is 0 Å². The molecule has 7 aromatic heterocycles. The minimum absolute atomic E-state index is 0.0196. The van der Waals surface area contributed by atoms with Gasteiger partial charge in [-0.1, -0.05) is 41.7 Å². The molecule has 418 valence electrons. The highest BCUT2D eigenvalue weighted by atomic mass is 32.1. The first-order valence-electron chi connectivity index (χ1n) is 24.1. The Morgan fingerprint density at radius 2 is 1.46 bits per heavy atom. The molecule has 0 spiro atoms. The minimum Gasteiger partial charge on any atom is -0.481 e. The fourth-order valence-electron chi connectivity index (χ4n) is 8.01. The molecule has 10 bridgehead atoms. The van der Waals surface area contributed by atoms with Crippen molar-refractivity contribution >= 4 is 126 Å². The number of hydrogen-bond donors (Lipinski definition) is 9. The quantitative estimate of drug-likeness (QED) is 0.0574. The predicted molar refractivity (Wildman–Crippen MR) is 301 cm³/mol. The lowest BCUT2D eigenvalue weighted by molar-refractivity contribution is -0.148. The maximum absolute atomic E-state index is 14.2. The van der Waals surface area contributed by atoms with Crippen LogP contribution in [0.4, 0.5) is 10.9 Å². The summed E-state index contributed by atoms with van der Waals surface area (Å²) in [5, 5.41) is 54.7. The van der Waals surface area contributed by atoms with E-state index in [1.54, 1.807) is 65.5 Å². The van der Waals surface area contributed by atoms with Crippen LogP contribution in [0.25, 0.3) is 43.4 Å². The lowest BCUT2D eigenvalue weighted by Crippen LogP contribution is -2.40. The van der Waals surface area contributed by atoms with Crippen molar-refractivity contribution in [3.05, 3.63) is 106 Å². The number of carbonyl (C=O) groups excluding carboxylic acids is 6. The van der Waals surface area contributed by atoms with Crippen molar-refractivity contribution in [1.82, 2.24) is 56.2 Å². The van der Waals surface area contributed by atoms with E-state index in [0.29, 0.717) is 63.7 Å². The van der Waals surface area contributed by atoms with Crippen LogP contribution in [0.1, 0.15) is 101 Å². The van der Waals surface area contributed by atoms with Gasteiger partial charge in [0.1, 0.15) is 77.2 Å². The average Bonchev–Trinajstić information content (AvgIpc) is 4.55. The number of aromatic nitrogens is 7. The molecular weight excluding hydrogens is 1170 g/mol. The summed E-state index contributed by atoms with van der Waals surface area (Å²) < 4.78 is 5.32. The summed E-state index contributed by atoms with van der Waals surface area (Å²) in [6.07, 6.45) is -2.69. The van der Waals surface area contributed by atoms with Crippen molar-refractivity contribution in [2.75, 3.05) is 31.3 Å². The lowest BCUT2D eigenvalue weighted by Gasteiger charge is -2.23. The smallest absolute Gasteiger partial charge is 0.307 e. The second-order valence-corrected chi connectivity index (χ2v) is 23.4. The number of nitrogens with one attached hydrogen (secondary N) is 6. The third kappa shape index (κ3) is 13.7. The second-order valence-electron chi connectivity index (χ2n) is 17.6. The monoisotopic (exact) mass is 1210 g/mol. The maximum Gasteiger partial charge on any atom is 0.307 e. The molecule has 6 amide bonds. The van der Waals surface area contributed by atoms with Crippen LogP contribution in [0.3, 0.4) is 0 Å². The number of carboxylic acids is 2. The van der Waals surface area contributed by atoms with Gasteiger partial charge in [0.15, 0.2) is 5.13 Å². The van der Waals surface area contributed by atoms with Crippen molar-refractivity contribution in [3.8, 4) is 43.4 Å². The van der Waals surface area contributed by atoms with Gasteiger partial charge in [-0.25, -0.2) is 34.9 Å². The molecular formula is C50H45N13O12S6. The fourth-order valence-corrected chi connectivity index (χ4v) is 13.2. The third-order valence-corrected chi connectivity index (χ3v) is 17.6. The molecule has 4 atom stereocenters. The van der Waals surface area contributed by atoms with Gasteiger partial charge in [-0.15, -0.1) is 56.7 Å². The van der Waals surface area contributed by atoms with Crippen LogP contribution >= 0.6 is 68.0 Å². The summed E-state index contributed by atoms with van der Waals surface area (Å²) in [7, 11) is 2.85. The largest absolute Gasteiger partial charge is 0.481 e. The van der Waals surface area contributed by atoms with Crippen LogP contribution < -0.4 is 31.9 Å². The number of hydrogen-bond acceptors (Lipinski definition) is 23. The van der Waals surface area contributed by atoms with Crippen molar-refractivity contribution in [1.29, 1.82) is 0 Å². The van der Waals surface area contributed by atoms with Crippen LogP contribution in [0.5, 0.6) is 0 Å². The van der Waals surface area contributed by atoms with Gasteiger partial charge >= 0.3 is 11.9 Å². The van der Waals surface area contributed by atoms with Crippen LogP contribution in [0.15, 0.2) is 64.0 Å². The number of aryl methyl sites for hydroxylation is 1. The van der Waals surface area contributed by atoms with Gasteiger partial charge in [0.25, 0.3) is 17.7 Å². The molecule has 1 aliphatic heterocycles. The van der Waals surface area contributed by atoms with Gasteiger partial charge in [0.05, 0.1) is 48.5 Å². The summed E-state index contributed by atoms with van der Waals surface area (Å²) in [6.45, 7) is 1.02. The highest BCUT2D eigenvalue weighted by Crippen LogP contribution is 2.40. The predicted octanol–water partition coefficient (Wildman–Crippen LogP) is 6.33. The Morgan fingerprint density at radius 1 is 0.728 bits per heavy atom. The minimum atomic E-state index is -1.33. The second kappa shape index (κ2) is 25.5. The molecule has 8 aromatic rings. The zero-order valence-electron chi connectivity index (χ0n) is 42.5. The maximum atomic E-state index is 14.2. The number of pyridine rings is 1. The number of aliphatic hydroxyl groups excluding tert-OH is 1. The number of nitrogens with zero attached hydrogens (tertiary/aromatic N) is 7. The summed E-state index contributed by atoms with van der Waals surface area (Å²) in [4.78, 5) is 138.